The summed E-state index contributed by atoms with van der Waals surface area (Å²) in [5.41, 5.74) is 12.6. The Bertz CT molecular complexity index is 7820. The predicted molar refractivity (Wildman–Crippen MR) is 589 cm³/mol. The van der Waals surface area contributed by atoms with Crippen LogP contribution in [0.4, 0.5) is 104 Å². The van der Waals surface area contributed by atoms with Crippen molar-refractivity contribution in [2.75, 3.05) is 239 Å². The third kappa shape index (κ3) is 26.8. The van der Waals surface area contributed by atoms with Crippen molar-refractivity contribution in [1.82, 2.24) is 88.2 Å². The Morgan fingerprint density at radius 2 is 0.769 bits per heavy atom. The van der Waals surface area contributed by atoms with Crippen molar-refractivity contribution in [3.05, 3.63) is 273 Å². The van der Waals surface area contributed by atoms with E-state index in [4.69, 9.17) is 45.4 Å². The van der Waals surface area contributed by atoms with Gasteiger partial charge in [-0.05, 0) is 178 Å². The first-order chi connectivity index (χ1) is 75.6. The van der Waals surface area contributed by atoms with Crippen molar-refractivity contribution in [3.63, 3.8) is 0 Å². The molecular weight excluding hydrogens is 1860 g/mol. The van der Waals surface area contributed by atoms with Gasteiger partial charge in [0.15, 0.2) is 5.82 Å². The van der Waals surface area contributed by atoms with Crippen LogP contribution >= 0.6 is 0 Å². The number of para-hydroxylation sites is 5. The molecule has 0 spiro atoms. The van der Waals surface area contributed by atoms with E-state index in [1.54, 1.807) is 137 Å². The Morgan fingerprint density at radius 1 is 0.408 bits per heavy atom. The monoisotopic (exact) mass is 2000 g/mol. The lowest BCUT2D eigenvalue weighted by molar-refractivity contribution is -0.112. The summed E-state index contributed by atoms with van der Waals surface area (Å²) in [6.07, 6.45) is 14.1. The van der Waals surface area contributed by atoms with Crippen LogP contribution in [0.2, 0.25) is 0 Å². The molecule has 8 heterocycles. The normalized spacial score (nSPS) is 12.8. The Labute approximate surface area is 871 Å². The summed E-state index contributed by atoms with van der Waals surface area (Å²) in [5, 5.41) is 33.5. The van der Waals surface area contributed by atoms with E-state index in [0.717, 1.165) is 68.8 Å². The number of nitrogens with zero attached hydrogens (tertiary/aromatic N) is 23. The number of carbonyl (C=O) groups is 4. The van der Waals surface area contributed by atoms with E-state index in [1.807, 2.05) is 132 Å². The van der Waals surface area contributed by atoms with E-state index in [-0.39, 0.29) is 54.7 Å². The number of amides is 4. The van der Waals surface area contributed by atoms with Gasteiger partial charge in [0.2, 0.25) is 47.4 Å². The van der Waals surface area contributed by atoms with Gasteiger partial charge in [0.1, 0.15) is 46.0 Å². The molecule has 8 aromatic carbocycles. The number of imidazole rings is 1. The molecule has 40 nitrogen and oxygen atoms in total. The summed E-state index contributed by atoms with van der Waals surface area (Å²) in [7, 11) is 22.1. The molecule has 764 valence electrons. The first-order valence-electron chi connectivity index (χ1n) is 52.3. The highest BCUT2D eigenvalue weighted by Gasteiger charge is 2.27. The number of carbonyl (C=O) groups excluding carboxylic acids is 4. The minimum Gasteiger partial charge on any atom is -0.494 e. The van der Waals surface area contributed by atoms with Crippen molar-refractivity contribution in [1.29, 1.82) is 0 Å². The lowest BCUT2D eigenvalue weighted by Crippen LogP contribution is -2.29. The summed E-state index contributed by atoms with van der Waals surface area (Å²) in [4.78, 5) is 114. The first-order valence-corrected chi connectivity index (χ1v) is 46.3. The van der Waals surface area contributed by atoms with E-state index in [0.29, 0.717) is 141 Å². The number of rotatable bonds is 40. The van der Waals surface area contributed by atoms with Gasteiger partial charge >= 0.3 is 5.69 Å². The summed E-state index contributed by atoms with van der Waals surface area (Å²) in [6.45, 7) is 11.2. The van der Waals surface area contributed by atoms with Crippen LogP contribution in [0.5, 0.6) is 23.0 Å². The quantitative estimate of drug-likeness (QED) is 0.0165. The maximum absolute atomic E-state index is 13.3. The topological polar surface area (TPSA) is 396 Å². The van der Waals surface area contributed by atoms with Gasteiger partial charge in [-0.3, -0.25) is 23.7 Å². The van der Waals surface area contributed by atoms with E-state index in [1.165, 1.54) is 82.7 Å². The lowest BCUT2D eigenvalue weighted by Gasteiger charge is -2.26. The minimum absolute atomic E-state index is 0.119. The van der Waals surface area contributed by atoms with Crippen LogP contribution in [0.1, 0.15) is 27.6 Å². The molecule has 0 saturated carbocycles. The number of benzene rings is 8. The standard InChI is InChI=1S/C28H33N7O2.C27H32N8O3.C27H33N7O2.C25H29N9O2/c1-7-27(36)30-21-16-22(25(37-6)17-24(21)34(5)15-14-33(3)4)31-28-29-13-12-26(32-28)35-18-19(2)20-10-8-9-11-23(20)35;1-7-25(36)29-18-16-19(23(38-6)17-22(18)33(4)15-14-32(2)3)30-26-28-13-12-24(31-26)35-21-11-9-8-10-20(21)34(5)27(35)37;1-6-26(35)29-20-17-21(24(36-5)18-23(20)33(4)16-15-32(2)3)30-27-28-13-11-25(31-27)34-14-12-19-9-7-8-10-22(19)34;1-6-24(35)27-18-15-19(22(36-5)16-21(18)33(4)14-13-32(2)3)28-25-26-12-11-23(29-25)34-20-10-8-7-9-17(20)30-31-34/h7-13,16-18H,1,14-15H2,2-6H3,(H,30,36)(H,29,31,32);7-13,16-17H,1,14-15H2,2-6H3,(H,29,36)(H,28,30,31);6-11,13,17-18H,1,12,14-16H2,2-5H3,(H,29,35)(H,28,30,31);6-12,15-16H,1,13-14H2,2-5H3,(H,27,35)(H,26,28,29)/i3D3;5D3;2*2D3. The molecule has 0 atom stereocenters. The molecule has 147 heavy (non-hydrogen) atoms. The fourth-order valence-electron chi connectivity index (χ4n) is 15.6. The third-order valence-corrected chi connectivity index (χ3v) is 23.3. The number of ether oxygens (including phenoxy) is 4. The summed E-state index contributed by atoms with van der Waals surface area (Å²) in [6, 6.07) is 51.4. The van der Waals surface area contributed by atoms with Gasteiger partial charge in [-0.1, -0.05) is 92.2 Å². The molecule has 8 N–H and O–H groups in total. The zero-order valence-electron chi connectivity index (χ0n) is 96.2. The van der Waals surface area contributed by atoms with Crippen molar-refractivity contribution >= 4 is 160 Å². The number of methoxy groups -OCH3 is 4. The van der Waals surface area contributed by atoms with Crippen molar-refractivity contribution < 1.29 is 54.6 Å². The van der Waals surface area contributed by atoms with Crippen LogP contribution in [-0.2, 0) is 32.6 Å². The zero-order chi connectivity index (χ0) is 115. The van der Waals surface area contributed by atoms with Crippen LogP contribution in [0.15, 0.2) is 256 Å². The van der Waals surface area contributed by atoms with Gasteiger partial charge in [0.25, 0.3) is 0 Å². The van der Waals surface area contributed by atoms with E-state index >= 15 is 0 Å². The molecule has 0 saturated heterocycles. The average molecular weight is 2000 g/mol. The number of aromatic nitrogens is 14. The Kier molecular flexibility index (Phi) is 30.7. The molecule has 7 aromatic heterocycles. The van der Waals surface area contributed by atoms with Crippen LogP contribution in [0, 0.1) is 6.92 Å². The molecule has 16 rings (SSSR count). The number of fused-ring (bicyclic) bond motifs is 4. The highest BCUT2D eigenvalue weighted by molar-refractivity contribution is 6.05. The third-order valence-electron chi connectivity index (χ3n) is 23.3. The molecule has 0 radical (unpaired) electrons. The number of likely N-dealkylation sites (N-methyl/N-ethyl adjacent to an activating group) is 8. The van der Waals surface area contributed by atoms with Gasteiger partial charge in [-0.25, -0.2) is 29.3 Å². The van der Waals surface area contributed by atoms with E-state index < -0.39 is 45.4 Å². The number of anilines is 18. The number of hydrogen-bond donors (Lipinski definition) is 8. The van der Waals surface area contributed by atoms with Crippen molar-refractivity contribution in [2.45, 2.75) is 13.3 Å². The second-order valence-electron chi connectivity index (χ2n) is 33.9. The molecule has 0 fully saturated rings. The van der Waals surface area contributed by atoms with Crippen molar-refractivity contribution in [3.8, 4) is 40.5 Å². The van der Waals surface area contributed by atoms with Gasteiger partial charge in [0.05, 0.1) is 119 Å². The minimum atomic E-state index is -2.68. The van der Waals surface area contributed by atoms with Crippen LogP contribution < -0.4 is 91.7 Å². The van der Waals surface area contributed by atoms with Gasteiger partial charge in [0, 0.05) is 189 Å². The number of hydrogen-bond acceptors (Lipinski definition) is 32. The highest BCUT2D eigenvalue weighted by atomic mass is 16.5. The van der Waals surface area contributed by atoms with Gasteiger partial charge in [-0.15, -0.1) is 5.10 Å². The predicted octanol–water partition coefficient (Wildman–Crippen LogP) is 14.7. The van der Waals surface area contributed by atoms with Gasteiger partial charge < -0.3 is 110 Å². The Hall–Kier alpha value is -17.6. The maximum Gasteiger partial charge on any atom is 0.334 e. The first kappa shape index (κ1) is 90.6. The molecule has 0 unspecified atom stereocenters. The van der Waals surface area contributed by atoms with E-state index in [9.17, 15) is 24.0 Å². The maximum atomic E-state index is 13.3. The molecule has 1 aliphatic rings. The largest absolute Gasteiger partial charge is 0.494 e. The van der Waals surface area contributed by atoms with E-state index in [2.05, 4.69) is 144 Å². The second-order valence-corrected chi connectivity index (χ2v) is 33.9. The Morgan fingerprint density at radius 3 is 1.19 bits per heavy atom. The molecule has 4 amide bonds. The lowest BCUT2D eigenvalue weighted by atomic mass is 10.2. The smallest absolute Gasteiger partial charge is 0.334 e. The van der Waals surface area contributed by atoms with Gasteiger partial charge in [-0.2, -0.15) is 24.6 Å². The van der Waals surface area contributed by atoms with Crippen LogP contribution in [0.3, 0.4) is 0 Å². The zero-order valence-corrected chi connectivity index (χ0v) is 84.2. The molecule has 15 aromatic rings. The number of nitrogens with one attached hydrogen (secondary N) is 8. The van der Waals surface area contributed by atoms with Crippen LogP contribution in [-0.4, -0.2) is 283 Å². The molecule has 40 heteroatoms. The molecule has 0 bridgehead atoms. The van der Waals surface area contributed by atoms with Crippen molar-refractivity contribution in [2.24, 2.45) is 6.98 Å². The highest BCUT2D eigenvalue weighted by Crippen LogP contribution is 2.44. The number of aryl methyl sites for hydroxylation is 2. The fraction of sp³-hybridized carbons (Fsp3) is 0.262. The molecule has 0 aliphatic carbocycles. The average Bonchev–Trinajstić information content (AvgIpc) is 1.59. The summed E-state index contributed by atoms with van der Waals surface area (Å²) < 4.78 is 120. The molecule has 1 aliphatic heterocycles. The summed E-state index contributed by atoms with van der Waals surface area (Å²) >= 11 is 0. The Balaban J connectivity index is 0.000000175. The summed E-state index contributed by atoms with van der Waals surface area (Å²) in [5.74, 6) is 3.58. The molecular formula is C107H127N31O9. The fourth-order valence-corrected chi connectivity index (χ4v) is 15.6. The SMILES string of the molecule is [2H]C([2H])([2H])N(C)CCN(C)c1cc(OC)c(Nc2nccc(-n3cc(C)c4ccccc43)n2)cc1NC(=O)C=C.[2H]C([2H])([2H])N(C)CCN(C)c1cc(OC)c(Nc2nccc(-n3nnc4ccccc43)n2)cc1NC(=O)C=C.[2H]C([2H])([2H])N(C)CCN(C)c1cc(OC)c(Nc2nccc(N3CCc4ccccc43)n2)cc1NC(=O)C=C.[2H]C([2H])([2H])n1c(=O)n(-c2ccnc(Nc3cc(NC(=O)C=C)c(N(C)CCN(C)C)cc3OC)n2)c2ccccc21. The van der Waals surface area contributed by atoms with Crippen LogP contribution in [0.25, 0.3) is 50.4 Å². The second kappa shape index (κ2) is 49.9.